The quantitative estimate of drug-likeness (QED) is 0.394. The summed E-state index contributed by atoms with van der Waals surface area (Å²) in [6, 6.07) is 22.2. The van der Waals surface area contributed by atoms with Gasteiger partial charge in [0.05, 0.1) is 16.5 Å². The maximum atomic E-state index is 13.7. The van der Waals surface area contributed by atoms with Gasteiger partial charge in [0.15, 0.2) is 0 Å². The van der Waals surface area contributed by atoms with Gasteiger partial charge < -0.3 is 10.2 Å². The van der Waals surface area contributed by atoms with Crippen LogP contribution in [-0.2, 0) is 29.0 Å². The van der Waals surface area contributed by atoms with Gasteiger partial charge in [-0.3, -0.25) is 9.59 Å². The van der Waals surface area contributed by atoms with E-state index in [4.69, 9.17) is 23.2 Å². The Balaban J connectivity index is 1.97. The van der Waals surface area contributed by atoms with Crippen LogP contribution in [0.4, 0.5) is 0 Å². The fraction of sp³-hybridized carbons (Fsp3) is 0.286. The standard InChI is InChI=1S/C28H30Cl2N2O2/c1-19(2)31-28(34)26(16-21-7-5-4-6-8-21)32(18-22-11-9-20(3)10-12-22)27(33)17-23-13-14-24(29)25(30)15-23/h4-15,19,26H,16-18H2,1-3H3,(H,31,34). The minimum atomic E-state index is -0.665. The molecule has 0 bridgehead atoms. The lowest BCUT2D eigenvalue weighted by Crippen LogP contribution is -2.52. The lowest BCUT2D eigenvalue weighted by Gasteiger charge is -2.32. The van der Waals surface area contributed by atoms with E-state index in [0.717, 1.165) is 22.3 Å². The van der Waals surface area contributed by atoms with Gasteiger partial charge in [0, 0.05) is 19.0 Å². The van der Waals surface area contributed by atoms with E-state index in [9.17, 15) is 9.59 Å². The van der Waals surface area contributed by atoms with Gasteiger partial charge in [-0.1, -0.05) is 89.4 Å². The number of aryl methyl sites for hydroxylation is 1. The molecule has 0 saturated heterocycles. The first-order valence-corrected chi connectivity index (χ1v) is 12.1. The van der Waals surface area contributed by atoms with Crippen LogP contribution in [0.3, 0.4) is 0 Å². The maximum absolute atomic E-state index is 13.7. The normalized spacial score (nSPS) is 11.8. The zero-order valence-corrected chi connectivity index (χ0v) is 21.2. The van der Waals surface area contributed by atoms with Crippen LogP contribution >= 0.6 is 23.2 Å². The van der Waals surface area contributed by atoms with Crippen LogP contribution < -0.4 is 5.32 Å². The molecule has 1 atom stereocenters. The van der Waals surface area contributed by atoms with E-state index in [1.165, 1.54) is 0 Å². The molecule has 0 spiro atoms. The van der Waals surface area contributed by atoms with Gasteiger partial charge in [0.2, 0.25) is 11.8 Å². The highest BCUT2D eigenvalue weighted by molar-refractivity contribution is 6.42. The highest BCUT2D eigenvalue weighted by atomic mass is 35.5. The molecule has 0 saturated carbocycles. The van der Waals surface area contributed by atoms with Crippen molar-refractivity contribution in [3.8, 4) is 0 Å². The van der Waals surface area contributed by atoms with Crippen LogP contribution in [0.5, 0.6) is 0 Å². The molecule has 178 valence electrons. The number of amides is 2. The number of hydrogen-bond donors (Lipinski definition) is 1. The Morgan fingerprint density at radius 1 is 0.853 bits per heavy atom. The predicted molar refractivity (Wildman–Crippen MR) is 139 cm³/mol. The molecule has 1 N–H and O–H groups in total. The van der Waals surface area contributed by atoms with Crippen molar-refractivity contribution in [3.63, 3.8) is 0 Å². The summed E-state index contributed by atoms with van der Waals surface area (Å²) in [5, 5.41) is 3.84. The van der Waals surface area contributed by atoms with Gasteiger partial charge in [-0.25, -0.2) is 0 Å². The molecule has 0 aliphatic heterocycles. The second-order valence-electron chi connectivity index (χ2n) is 8.80. The van der Waals surface area contributed by atoms with Crippen molar-refractivity contribution in [1.82, 2.24) is 10.2 Å². The topological polar surface area (TPSA) is 49.4 Å². The Morgan fingerprint density at radius 3 is 2.12 bits per heavy atom. The first-order valence-electron chi connectivity index (χ1n) is 11.4. The molecule has 3 aromatic carbocycles. The Hall–Kier alpha value is -2.82. The Kier molecular flexibility index (Phi) is 9.14. The van der Waals surface area contributed by atoms with Crippen molar-refractivity contribution in [2.45, 2.75) is 52.2 Å². The molecule has 2 amide bonds. The Bertz CT molecular complexity index is 1120. The third kappa shape index (κ3) is 7.34. The van der Waals surface area contributed by atoms with E-state index in [0.29, 0.717) is 23.0 Å². The molecule has 0 fully saturated rings. The third-order valence-electron chi connectivity index (χ3n) is 5.51. The summed E-state index contributed by atoms with van der Waals surface area (Å²) in [6.45, 7) is 6.17. The second-order valence-corrected chi connectivity index (χ2v) is 9.62. The SMILES string of the molecule is Cc1ccc(CN(C(=O)Cc2ccc(Cl)c(Cl)c2)C(Cc2ccccc2)C(=O)NC(C)C)cc1. The van der Waals surface area contributed by atoms with Crippen molar-refractivity contribution in [3.05, 3.63) is 105 Å². The summed E-state index contributed by atoms with van der Waals surface area (Å²) in [5.41, 5.74) is 3.83. The minimum Gasteiger partial charge on any atom is -0.352 e. The molecule has 6 heteroatoms. The number of nitrogens with zero attached hydrogens (tertiary/aromatic N) is 1. The van der Waals surface area contributed by atoms with Crippen molar-refractivity contribution in [2.75, 3.05) is 0 Å². The largest absolute Gasteiger partial charge is 0.352 e. The zero-order chi connectivity index (χ0) is 24.7. The lowest BCUT2D eigenvalue weighted by atomic mass is 10.0. The van der Waals surface area contributed by atoms with Crippen LogP contribution in [0.2, 0.25) is 10.0 Å². The number of rotatable bonds is 9. The molecule has 0 radical (unpaired) electrons. The van der Waals surface area contributed by atoms with E-state index in [1.54, 1.807) is 23.1 Å². The molecule has 4 nitrogen and oxygen atoms in total. The third-order valence-corrected chi connectivity index (χ3v) is 6.25. The van der Waals surface area contributed by atoms with Crippen LogP contribution in [0.15, 0.2) is 72.8 Å². The molecular weight excluding hydrogens is 467 g/mol. The second kappa shape index (κ2) is 12.0. The number of carbonyl (C=O) groups excluding carboxylic acids is 2. The van der Waals surface area contributed by atoms with Gasteiger partial charge in [0.1, 0.15) is 6.04 Å². The smallest absolute Gasteiger partial charge is 0.243 e. The van der Waals surface area contributed by atoms with Gasteiger partial charge in [-0.05, 0) is 49.6 Å². The zero-order valence-electron chi connectivity index (χ0n) is 19.7. The van der Waals surface area contributed by atoms with Crippen molar-refractivity contribution >= 4 is 35.0 Å². The molecule has 0 aliphatic rings. The van der Waals surface area contributed by atoms with E-state index < -0.39 is 6.04 Å². The average molecular weight is 497 g/mol. The predicted octanol–water partition coefficient (Wildman–Crippen LogP) is 6.01. The number of halogens is 2. The number of hydrogen-bond acceptors (Lipinski definition) is 2. The monoisotopic (exact) mass is 496 g/mol. The Morgan fingerprint density at radius 2 is 1.50 bits per heavy atom. The van der Waals surface area contributed by atoms with E-state index in [-0.39, 0.29) is 24.3 Å². The molecule has 3 aromatic rings. The molecule has 0 aromatic heterocycles. The average Bonchev–Trinajstić information content (AvgIpc) is 2.80. The van der Waals surface area contributed by atoms with Gasteiger partial charge in [0.25, 0.3) is 0 Å². The highest BCUT2D eigenvalue weighted by Gasteiger charge is 2.30. The van der Waals surface area contributed by atoms with Gasteiger partial charge >= 0.3 is 0 Å². The van der Waals surface area contributed by atoms with Crippen LogP contribution in [-0.4, -0.2) is 28.8 Å². The number of nitrogens with one attached hydrogen (secondary N) is 1. The minimum absolute atomic E-state index is 0.0443. The van der Waals surface area contributed by atoms with E-state index >= 15 is 0 Å². The molecular formula is C28H30Cl2N2O2. The van der Waals surface area contributed by atoms with Crippen LogP contribution in [0.1, 0.15) is 36.1 Å². The van der Waals surface area contributed by atoms with Crippen molar-refractivity contribution in [2.24, 2.45) is 0 Å². The van der Waals surface area contributed by atoms with Crippen molar-refractivity contribution in [1.29, 1.82) is 0 Å². The van der Waals surface area contributed by atoms with E-state index in [2.05, 4.69) is 5.32 Å². The summed E-state index contributed by atoms with van der Waals surface area (Å²) >= 11 is 12.2. The molecule has 0 heterocycles. The molecule has 1 unspecified atom stereocenters. The fourth-order valence-electron chi connectivity index (χ4n) is 3.75. The van der Waals surface area contributed by atoms with Crippen LogP contribution in [0.25, 0.3) is 0 Å². The van der Waals surface area contributed by atoms with E-state index in [1.807, 2.05) is 75.4 Å². The summed E-state index contributed by atoms with van der Waals surface area (Å²) < 4.78 is 0. The summed E-state index contributed by atoms with van der Waals surface area (Å²) in [4.78, 5) is 28.7. The number of benzene rings is 3. The summed E-state index contributed by atoms with van der Waals surface area (Å²) in [6.07, 6.45) is 0.529. The first kappa shape index (κ1) is 25.8. The van der Waals surface area contributed by atoms with Crippen molar-refractivity contribution < 1.29 is 9.59 Å². The lowest BCUT2D eigenvalue weighted by molar-refractivity contribution is -0.141. The first-order chi connectivity index (χ1) is 16.2. The highest BCUT2D eigenvalue weighted by Crippen LogP contribution is 2.24. The molecule has 3 rings (SSSR count). The summed E-state index contributed by atoms with van der Waals surface area (Å²) in [5.74, 6) is -0.327. The number of carbonyl (C=O) groups is 2. The van der Waals surface area contributed by atoms with Crippen LogP contribution in [0, 0.1) is 6.92 Å². The maximum Gasteiger partial charge on any atom is 0.243 e. The molecule has 34 heavy (non-hydrogen) atoms. The molecule has 0 aliphatic carbocycles. The van der Waals surface area contributed by atoms with Gasteiger partial charge in [-0.2, -0.15) is 0 Å². The van der Waals surface area contributed by atoms with Gasteiger partial charge in [-0.15, -0.1) is 0 Å². The summed E-state index contributed by atoms with van der Waals surface area (Å²) in [7, 11) is 0. The fourth-order valence-corrected chi connectivity index (χ4v) is 4.07. The Labute approximate surface area is 211 Å².